The number of nitrogens with zero attached hydrogens (tertiary/aromatic N) is 4. The van der Waals surface area contributed by atoms with E-state index in [0.717, 1.165) is 33.2 Å². The van der Waals surface area contributed by atoms with Crippen LogP contribution in [0.4, 0.5) is 0 Å². The summed E-state index contributed by atoms with van der Waals surface area (Å²) in [6.45, 7) is 0. The van der Waals surface area contributed by atoms with Crippen LogP contribution in [0.5, 0.6) is 0 Å². The first-order chi connectivity index (χ1) is 26.2. The van der Waals surface area contributed by atoms with E-state index in [9.17, 15) is 0 Å². The van der Waals surface area contributed by atoms with Gasteiger partial charge in [0.2, 0.25) is 0 Å². The van der Waals surface area contributed by atoms with Gasteiger partial charge in [-0.2, -0.15) is 0 Å². The molecule has 0 bridgehead atoms. The minimum atomic E-state index is 0.636. The molecule has 0 fully saturated rings. The van der Waals surface area contributed by atoms with Crippen molar-refractivity contribution in [1.29, 1.82) is 0 Å². The van der Waals surface area contributed by atoms with Crippen molar-refractivity contribution in [2.24, 2.45) is 0 Å². The molecule has 2 aromatic heterocycles. The highest BCUT2D eigenvalue weighted by Crippen LogP contribution is 2.39. The molecule has 0 radical (unpaired) electrons. The van der Waals surface area contributed by atoms with E-state index in [1.165, 1.54) is 54.1 Å². The lowest BCUT2D eigenvalue weighted by Gasteiger charge is -2.12. The Labute approximate surface area is 305 Å². The highest BCUT2D eigenvalue weighted by atomic mass is 15.0. The van der Waals surface area contributed by atoms with E-state index >= 15 is 0 Å². The maximum absolute atomic E-state index is 5.11. The van der Waals surface area contributed by atoms with E-state index in [-0.39, 0.29) is 0 Å². The first kappa shape index (κ1) is 29.5. The summed E-state index contributed by atoms with van der Waals surface area (Å²) in [6.07, 6.45) is 0. The van der Waals surface area contributed by atoms with Crippen LogP contribution in [0, 0.1) is 0 Å². The molecule has 2 heterocycles. The molecule has 4 nitrogen and oxygen atoms in total. The second-order valence-corrected chi connectivity index (χ2v) is 13.7. The Bertz CT molecular complexity index is 3130. The zero-order chi connectivity index (χ0) is 34.9. The van der Waals surface area contributed by atoms with Crippen molar-refractivity contribution in [1.82, 2.24) is 19.5 Å². The fourth-order valence-electron chi connectivity index (χ4n) is 7.91. The quantitative estimate of drug-likeness (QED) is 0.187. The molecule has 0 amide bonds. The lowest BCUT2D eigenvalue weighted by molar-refractivity contribution is 1.07. The summed E-state index contributed by atoms with van der Waals surface area (Å²) < 4.78 is 2.41. The zero-order valence-corrected chi connectivity index (χ0v) is 28.6. The van der Waals surface area contributed by atoms with Crippen molar-refractivity contribution in [2.45, 2.75) is 0 Å². The van der Waals surface area contributed by atoms with Gasteiger partial charge in [-0.05, 0) is 86.2 Å². The Morgan fingerprint density at radius 3 is 1.36 bits per heavy atom. The molecule has 0 aliphatic heterocycles. The summed E-state index contributed by atoms with van der Waals surface area (Å²) in [5.41, 5.74) is 6.31. The molecule has 9 aromatic carbocycles. The summed E-state index contributed by atoms with van der Waals surface area (Å²) in [6, 6.07) is 64.7. The highest BCUT2D eigenvalue weighted by Gasteiger charge is 2.18. The molecular formula is C49H30N4. The molecule has 0 atom stereocenters. The SMILES string of the molecule is c1ccc2cc(-c3nc(-c4ccc(-n5c6cc7ccccc7cc6c6ccc7ccccc7c65)cc4)nc(-c4ccc5ccccc5c4)n3)ccc2c1. The molecule has 11 aromatic rings. The minimum absolute atomic E-state index is 0.636. The average Bonchev–Trinajstić information content (AvgIpc) is 3.56. The summed E-state index contributed by atoms with van der Waals surface area (Å²) >= 11 is 0. The standard InChI is InChI=1S/C49H30N4/c1-3-12-35-27-39(19-17-31(35)9-1)48-50-47(51-49(52-48)40-20-18-32-10-2-4-13-36(32)28-40)34-21-24-41(25-22-34)53-45-30-38-15-6-5-14-37(38)29-44(45)43-26-23-33-11-7-8-16-42(33)46(43)53/h1-30H. The Hall–Kier alpha value is -7.17. The molecule has 0 unspecified atom stereocenters. The first-order valence-corrected chi connectivity index (χ1v) is 17.9. The number of hydrogen-bond acceptors (Lipinski definition) is 3. The number of fused-ring (bicyclic) bond motifs is 8. The lowest BCUT2D eigenvalue weighted by atomic mass is 10.0. The Morgan fingerprint density at radius 1 is 0.302 bits per heavy atom. The second kappa shape index (κ2) is 11.7. The number of benzene rings is 9. The molecule has 0 spiro atoms. The monoisotopic (exact) mass is 674 g/mol. The van der Waals surface area contributed by atoms with Gasteiger partial charge < -0.3 is 4.57 Å². The molecule has 246 valence electrons. The fraction of sp³-hybridized carbons (Fsp3) is 0. The Morgan fingerprint density at radius 2 is 0.755 bits per heavy atom. The minimum Gasteiger partial charge on any atom is -0.309 e. The average molecular weight is 675 g/mol. The van der Waals surface area contributed by atoms with E-state index in [1.807, 2.05) is 0 Å². The number of rotatable bonds is 4. The molecular weight excluding hydrogens is 645 g/mol. The van der Waals surface area contributed by atoms with Crippen molar-refractivity contribution in [3.05, 3.63) is 182 Å². The van der Waals surface area contributed by atoms with Gasteiger partial charge in [0.25, 0.3) is 0 Å². The van der Waals surface area contributed by atoms with E-state index in [4.69, 9.17) is 15.0 Å². The van der Waals surface area contributed by atoms with Gasteiger partial charge in [0, 0.05) is 38.5 Å². The van der Waals surface area contributed by atoms with Crippen molar-refractivity contribution in [3.63, 3.8) is 0 Å². The summed E-state index contributed by atoms with van der Waals surface area (Å²) in [5, 5.41) is 12.1. The van der Waals surface area contributed by atoms with Gasteiger partial charge in [0.15, 0.2) is 17.5 Å². The van der Waals surface area contributed by atoms with Crippen LogP contribution in [0.25, 0.3) is 105 Å². The third-order valence-corrected chi connectivity index (χ3v) is 10.6. The van der Waals surface area contributed by atoms with Crippen molar-refractivity contribution >= 4 is 64.9 Å². The van der Waals surface area contributed by atoms with Gasteiger partial charge in [-0.1, -0.05) is 133 Å². The largest absolute Gasteiger partial charge is 0.309 e. The maximum atomic E-state index is 5.11. The van der Waals surface area contributed by atoms with E-state index in [2.05, 4.69) is 187 Å². The van der Waals surface area contributed by atoms with Crippen LogP contribution in [0.1, 0.15) is 0 Å². The van der Waals surface area contributed by atoms with Gasteiger partial charge in [-0.3, -0.25) is 0 Å². The molecule has 53 heavy (non-hydrogen) atoms. The van der Waals surface area contributed by atoms with Crippen LogP contribution >= 0.6 is 0 Å². The molecule has 4 heteroatoms. The summed E-state index contributed by atoms with van der Waals surface area (Å²) in [4.78, 5) is 15.3. The topological polar surface area (TPSA) is 43.6 Å². The second-order valence-electron chi connectivity index (χ2n) is 13.7. The predicted molar refractivity (Wildman–Crippen MR) is 220 cm³/mol. The number of hydrogen-bond donors (Lipinski definition) is 0. The first-order valence-electron chi connectivity index (χ1n) is 17.9. The molecule has 0 aliphatic carbocycles. The normalized spacial score (nSPS) is 11.8. The van der Waals surface area contributed by atoms with Crippen LogP contribution < -0.4 is 0 Å². The highest BCUT2D eigenvalue weighted by molar-refractivity contribution is 6.20. The van der Waals surface area contributed by atoms with Crippen LogP contribution in [-0.4, -0.2) is 19.5 Å². The van der Waals surface area contributed by atoms with Gasteiger partial charge in [0.1, 0.15) is 0 Å². The van der Waals surface area contributed by atoms with E-state index in [1.54, 1.807) is 0 Å². The smallest absolute Gasteiger partial charge is 0.164 e. The summed E-state index contributed by atoms with van der Waals surface area (Å²) in [5.74, 6) is 1.93. The summed E-state index contributed by atoms with van der Waals surface area (Å²) in [7, 11) is 0. The maximum Gasteiger partial charge on any atom is 0.164 e. The van der Waals surface area contributed by atoms with Gasteiger partial charge in [-0.15, -0.1) is 0 Å². The molecule has 0 saturated carbocycles. The van der Waals surface area contributed by atoms with Crippen molar-refractivity contribution in [2.75, 3.05) is 0 Å². The Kier molecular flexibility index (Phi) is 6.52. The number of aromatic nitrogens is 4. The van der Waals surface area contributed by atoms with Gasteiger partial charge in [0.05, 0.1) is 11.0 Å². The zero-order valence-electron chi connectivity index (χ0n) is 28.6. The predicted octanol–water partition coefficient (Wildman–Crippen LogP) is 12.6. The van der Waals surface area contributed by atoms with Crippen molar-refractivity contribution < 1.29 is 0 Å². The van der Waals surface area contributed by atoms with Crippen LogP contribution in [0.3, 0.4) is 0 Å². The third kappa shape index (κ3) is 4.88. The van der Waals surface area contributed by atoms with Gasteiger partial charge in [-0.25, -0.2) is 15.0 Å². The van der Waals surface area contributed by atoms with E-state index in [0.29, 0.717) is 17.5 Å². The van der Waals surface area contributed by atoms with Crippen LogP contribution in [-0.2, 0) is 0 Å². The van der Waals surface area contributed by atoms with Gasteiger partial charge >= 0.3 is 0 Å². The molecule has 0 aliphatic rings. The lowest BCUT2D eigenvalue weighted by Crippen LogP contribution is -2.01. The van der Waals surface area contributed by atoms with Crippen LogP contribution in [0.15, 0.2) is 182 Å². The molecule has 0 saturated heterocycles. The van der Waals surface area contributed by atoms with Crippen LogP contribution in [0.2, 0.25) is 0 Å². The Balaban J connectivity index is 1.10. The van der Waals surface area contributed by atoms with E-state index < -0.39 is 0 Å². The molecule has 0 N–H and O–H groups in total. The third-order valence-electron chi connectivity index (χ3n) is 10.6. The molecule has 11 rings (SSSR count). The van der Waals surface area contributed by atoms with Crippen molar-refractivity contribution in [3.8, 4) is 39.9 Å². The fourth-order valence-corrected chi connectivity index (χ4v) is 7.91.